The number of fused-ring (bicyclic) bond motifs is 3. The molecule has 0 fully saturated rings. The van der Waals surface area contributed by atoms with Crippen molar-refractivity contribution in [2.24, 2.45) is 11.5 Å². The molecule has 0 aliphatic rings. The highest BCUT2D eigenvalue weighted by Gasteiger charge is 2.15. The van der Waals surface area contributed by atoms with Crippen molar-refractivity contribution in [3.05, 3.63) is 46.8 Å². The predicted molar refractivity (Wildman–Crippen MR) is 113 cm³/mol. The molecule has 1 heterocycles. The molecule has 10 heteroatoms. The van der Waals surface area contributed by atoms with Crippen molar-refractivity contribution in [1.82, 2.24) is 0 Å². The normalized spacial score (nSPS) is 12.4. The number of halogens is 2. The predicted octanol–water partition coefficient (Wildman–Crippen LogP) is 2.29. The van der Waals surface area contributed by atoms with Crippen LogP contribution in [0.25, 0.3) is 21.7 Å². The average molecular weight is 443 g/mol. The van der Waals surface area contributed by atoms with Crippen LogP contribution in [0.2, 0.25) is 0 Å². The zero-order valence-corrected chi connectivity index (χ0v) is 17.2. The summed E-state index contributed by atoms with van der Waals surface area (Å²) in [7, 11) is 0. The zero-order chi connectivity index (χ0) is 19.7. The molecule has 0 radical (unpaired) electrons. The van der Waals surface area contributed by atoms with E-state index in [4.69, 9.17) is 25.4 Å². The van der Waals surface area contributed by atoms with Crippen LogP contribution in [0.4, 0.5) is 0 Å². The van der Waals surface area contributed by atoms with Gasteiger partial charge in [0.25, 0.3) is 0 Å². The molecule has 3 rings (SSSR count). The number of rotatable bonds is 4. The van der Waals surface area contributed by atoms with Crippen LogP contribution < -0.4 is 26.6 Å². The van der Waals surface area contributed by atoms with Crippen molar-refractivity contribution in [2.45, 2.75) is 25.9 Å². The van der Waals surface area contributed by atoms with Crippen molar-refractivity contribution in [2.75, 3.05) is 0 Å². The van der Waals surface area contributed by atoms with Crippen molar-refractivity contribution in [3.63, 3.8) is 0 Å². The molecule has 0 spiro atoms. The Morgan fingerprint density at radius 3 is 1.83 bits per heavy atom. The van der Waals surface area contributed by atoms with Crippen LogP contribution in [-0.2, 0) is 9.59 Å². The number of hydrogen-bond acceptors (Lipinski definition) is 8. The SMILES string of the molecule is C[C@H](N)C(=O)Oc1ccc2c(c1)oc(=O)c1cc(OC(=O)[C@@H](C)N)ccc12.Cl.Cl. The molecule has 2 atom stereocenters. The van der Waals surface area contributed by atoms with Crippen LogP contribution in [0.1, 0.15) is 13.8 Å². The number of benzene rings is 2. The Balaban J connectivity index is 0.00000210. The molecule has 29 heavy (non-hydrogen) atoms. The van der Waals surface area contributed by atoms with Gasteiger partial charge in [0.05, 0.1) is 5.39 Å². The Morgan fingerprint density at radius 2 is 1.31 bits per heavy atom. The second kappa shape index (κ2) is 9.71. The summed E-state index contributed by atoms with van der Waals surface area (Å²) < 4.78 is 15.6. The lowest BCUT2D eigenvalue weighted by molar-refractivity contribution is -0.136. The van der Waals surface area contributed by atoms with E-state index in [0.717, 1.165) is 0 Å². The lowest BCUT2D eigenvalue weighted by atomic mass is 10.1. The lowest BCUT2D eigenvalue weighted by Crippen LogP contribution is -2.30. The third kappa shape index (κ3) is 5.24. The van der Waals surface area contributed by atoms with Crippen molar-refractivity contribution >= 4 is 58.5 Å². The minimum atomic E-state index is -0.786. The number of esters is 2. The van der Waals surface area contributed by atoms with Gasteiger partial charge in [0.2, 0.25) is 0 Å². The average Bonchev–Trinajstić information content (AvgIpc) is 2.61. The Morgan fingerprint density at radius 1 is 0.828 bits per heavy atom. The Hall–Kier alpha value is -2.65. The van der Waals surface area contributed by atoms with Crippen LogP contribution in [0.15, 0.2) is 45.6 Å². The van der Waals surface area contributed by atoms with E-state index >= 15 is 0 Å². The highest BCUT2D eigenvalue weighted by molar-refractivity contribution is 6.05. The minimum Gasteiger partial charge on any atom is -0.425 e. The maximum atomic E-state index is 12.3. The van der Waals surface area contributed by atoms with E-state index in [-0.39, 0.29) is 47.3 Å². The van der Waals surface area contributed by atoms with Gasteiger partial charge in [-0.25, -0.2) is 14.4 Å². The molecule has 1 aromatic heterocycles. The number of carbonyl (C=O) groups excluding carboxylic acids is 2. The van der Waals surface area contributed by atoms with Crippen LogP contribution in [0, 0.1) is 0 Å². The fourth-order valence-electron chi connectivity index (χ4n) is 2.44. The molecule has 8 nitrogen and oxygen atoms in total. The van der Waals surface area contributed by atoms with E-state index < -0.39 is 29.6 Å². The topological polar surface area (TPSA) is 135 Å². The number of ether oxygens (including phenoxy) is 2. The minimum absolute atomic E-state index is 0. The molecule has 0 aliphatic heterocycles. The number of nitrogens with two attached hydrogens (primary N) is 2. The van der Waals surface area contributed by atoms with Gasteiger partial charge in [-0.2, -0.15) is 0 Å². The molecule has 156 valence electrons. The maximum absolute atomic E-state index is 12.3. The Bertz CT molecular complexity index is 1110. The van der Waals surface area contributed by atoms with Gasteiger partial charge in [0, 0.05) is 16.8 Å². The third-order valence-corrected chi connectivity index (χ3v) is 3.84. The summed E-state index contributed by atoms with van der Waals surface area (Å²) in [6.45, 7) is 3.01. The lowest BCUT2D eigenvalue weighted by Gasteiger charge is -2.09. The first-order valence-corrected chi connectivity index (χ1v) is 8.21. The van der Waals surface area contributed by atoms with Crippen LogP contribution >= 0.6 is 24.8 Å². The smallest absolute Gasteiger partial charge is 0.344 e. The molecular formula is C19H20Cl2N2O6. The van der Waals surface area contributed by atoms with E-state index in [1.54, 1.807) is 24.3 Å². The summed E-state index contributed by atoms with van der Waals surface area (Å²) in [5, 5.41) is 1.49. The molecule has 0 unspecified atom stereocenters. The van der Waals surface area contributed by atoms with Gasteiger partial charge in [0.1, 0.15) is 29.2 Å². The number of carbonyl (C=O) groups is 2. The van der Waals surface area contributed by atoms with E-state index in [0.29, 0.717) is 10.8 Å². The van der Waals surface area contributed by atoms with Crippen LogP contribution in [0.5, 0.6) is 11.5 Å². The van der Waals surface area contributed by atoms with E-state index in [1.165, 1.54) is 26.0 Å². The molecule has 2 aromatic carbocycles. The van der Waals surface area contributed by atoms with E-state index in [1.807, 2.05) is 0 Å². The second-order valence-electron chi connectivity index (χ2n) is 6.17. The molecule has 0 amide bonds. The molecule has 4 N–H and O–H groups in total. The Labute approximate surface area is 177 Å². The van der Waals surface area contributed by atoms with Gasteiger partial charge < -0.3 is 25.4 Å². The molecule has 0 saturated carbocycles. The zero-order valence-electron chi connectivity index (χ0n) is 15.5. The van der Waals surface area contributed by atoms with Gasteiger partial charge >= 0.3 is 17.6 Å². The monoisotopic (exact) mass is 442 g/mol. The van der Waals surface area contributed by atoms with Gasteiger partial charge in [-0.3, -0.25) is 0 Å². The van der Waals surface area contributed by atoms with Crippen molar-refractivity contribution in [3.8, 4) is 11.5 Å². The first-order chi connectivity index (χ1) is 12.8. The van der Waals surface area contributed by atoms with Gasteiger partial charge in [-0.15, -0.1) is 24.8 Å². The summed E-state index contributed by atoms with van der Waals surface area (Å²) in [6.07, 6.45) is 0. The standard InChI is InChI=1S/C19H18N2O6.2ClH/c1-9(20)17(22)25-11-3-5-13-14-6-4-12(26-18(23)10(2)21)8-16(14)27-19(24)15(13)7-11;;/h3-10H,20-21H2,1-2H3;2*1H/t9-,10+;;/m1../s1. The van der Waals surface area contributed by atoms with Gasteiger partial charge in [-0.1, -0.05) is 0 Å². The van der Waals surface area contributed by atoms with Crippen molar-refractivity contribution in [1.29, 1.82) is 0 Å². The summed E-state index contributed by atoms with van der Waals surface area (Å²) >= 11 is 0. The maximum Gasteiger partial charge on any atom is 0.344 e. The first-order valence-electron chi connectivity index (χ1n) is 8.21. The third-order valence-electron chi connectivity index (χ3n) is 3.84. The highest BCUT2D eigenvalue weighted by Crippen LogP contribution is 2.28. The summed E-state index contributed by atoms with van der Waals surface area (Å²) in [5.41, 5.74) is 10.6. The molecule has 0 bridgehead atoms. The van der Waals surface area contributed by atoms with E-state index in [2.05, 4.69) is 0 Å². The largest absolute Gasteiger partial charge is 0.425 e. The highest BCUT2D eigenvalue weighted by atomic mass is 35.5. The quantitative estimate of drug-likeness (QED) is 0.272. The summed E-state index contributed by atoms with van der Waals surface area (Å²) in [5.74, 6) is -0.799. The number of hydrogen-bond donors (Lipinski definition) is 2. The van der Waals surface area contributed by atoms with Gasteiger partial charge in [-0.05, 0) is 44.2 Å². The second-order valence-corrected chi connectivity index (χ2v) is 6.17. The first kappa shape index (κ1) is 24.4. The molecule has 0 aliphatic carbocycles. The fraction of sp³-hybridized carbons (Fsp3) is 0.211. The van der Waals surface area contributed by atoms with Crippen LogP contribution in [-0.4, -0.2) is 24.0 Å². The fourth-order valence-corrected chi connectivity index (χ4v) is 2.44. The Kier molecular flexibility index (Phi) is 8.16. The molecule has 0 saturated heterocycles. The summed E-state index contributed by atoms with van der Waals surface area (Å²) in [4.78, 5) is 35.6. The van der Waals surface area contributed by atoms with E-state index in [9.17, 15) is 14.4 Å². The van der Waals surface area contributed by atoms with Crippen LogP contribution in [0.3, 0.4) is 0 Å². The molecular weight excluding hydrogens is 423 g/mol. The van der Waals surface area contributed by atoms with Gasteiger partial charge in [0.15, 0.2) is 0 Å². The van der Waals surface area contributed by atoms with Crippen molar-refractivity contribution < 1.29 is 23.5 Å². The molecule has 3 aromatic rings. The summed E-state index contributed by atoms with van der Waals surface area (Å²) in [6, 6.07) is 7.75.